The van der Waals surface area contributed by atoms with Gasteiger partial charge in [-0.15, -0.1) is 0 Å². The highest BCUT2D eigenvalue weighted by molar-refractivity contribution is 5.94. The van der Waals surface area contributed by atoms with E-state index in [9.17, 15) is 14.9 Å². The first kappa shape index (κ1) is 23.3. The number of benzene rings is 2. The van der Waals surface area contributed by atoms with Gasteiger partial charge in [0.1, 0.15) is 6.04 Å². The largest absolute Gasteiger partial charge is 0.493 e. The summed E-state index contributed by atoms with van der Waals surface area (Å²) in [5.74, 6) is 0.640. The van der Waals surface area contributed by atoms with Crippen LogP contribution in [0.25, 0.3) is 0 Å². The minimum Gasteiger partial charge on any atom is -0.493 e. The van der Waals surface area contributed by atoms with Crippen LogP contribution in [-0.2, 0) is 11.2 Å². The topological polar surface area (TPSA) is 113 Å². The van der Waals surface area contributed by atoms with Gasteiger partial charge in [-0.1, -0.05) is 30.3 Å². The molecule has 9 nitrogen and oxygen atoms in total. The molecule has 1 unspecified atom stereocenters. The van der Waals surface area contributed by atoms with Crippen LogP contribution in [0.15, 0.2) is 42.5 Å². The van der Waals surface area contributed by atoms with E-state index in [1.807, 2.05) is 36.5 Å². The number of hydrogen-bond acceptors (Lipinski definition) is 6. The van der Waals surface area contributed by atoms with Gasteiger partial charge in [-0.2, -0.15) is 5.26 Å². The normalized spacial score (nSPS) is 10.9. The van der Waals surface area contributed by atoms with E-state index in [0.717, 1.165) is 10.5 Å². The second-order valence-electron chi connectivity index (χ2n) is 6.44. The van der Waals surface area contributed by atoms with Crippen LogP contribution in [0.3, 0.4) is 0 Å². The fourth-order valence-corrected chi connectivity index (χ4v) is 2.99. The monoisotopic (exact) mass is 426 g/mol. The van der Waals surface area contributed by atoms with Gasteiger partial charge >= 0.3 is 6.03 Å². The number of nitrogens with zero attached hydrogens (tertiary/aromatic N) is 2. The van der Waals surface area contributed by atoms with Crippen LogP contribution < -0.4 is 24.8 Å². The molecular weight excluding hydrogens is 400 g/mol. The van der Waals surface area contributed by atoms with E-state index in [-0.39, 0.29) is 13.0 Å². The quantitative estimate of drug-likeness (QED) is 0.471. The van der Waals surface area contributed by atoms with Crippen molar-refractivity contribution < 1.29 is 23.8 Å². The lowest BCUT2D eigenvalue weighted by Gasteiger charge is -2.22. The van der Waals surface area contributed by atoms with Gasteiger partial charge in [0.15, 0.2) is 17.7 Å². The molecule has 0 aliphatic heterocycles. The first-order valence-corrected chi connectivity index (χ1v) is 9.59. The molecule has 0 aromatic heterocycles. The molecule has 2 aromatic carbocycles. The Morgan fingerprint density at radius 3 is 2.16 bits per heavy atom. The highest BCUT2D eigenvalue weighted by Gasteiger charge is 2.26. The van der Waals surface area contributed by atoms with E-state index in [4.69, 9.17) is 14.2 Å². The molecule has 31 heavy (non-hydrogen) atoms. The van der Waals surface area contributed by atoms with Crippen LogP contribution in [0.1, 0.15) is 12.5 Å². The zero-order valence-electron chi connectivity index (χ0n) is 18.0. The number of nitriles is 1. The zero-order valence-corrected chi connectivity index (χ0v) is 18.0. The fraction of sp³-hybridized carbons (Fsp3) is 0.318. The zero-order chi connectivity index (χ0) is 22.8. The van der Waals surface area contributed by atoms with Crippen molar-refractivity contribution in [2.45, 2.75) is 19.4 Å². The van der Waals surface area contributed by atoms with E-state index < -0.39 is 18.0 Å². The molecule has 2 aromatic rings. The first-order chi connectivity index (χ1) is 15.0. The number of carbonyl (C=O) groups excluding carboxylic acids is 2. The molecule has 0 bridgehead atoms. The summed E-state index contributed by atoms with van der Waals surface area (Å²) >= 11 is 0. The summed E-state index contributed by atoms with van der Waals surface area (Å²) in [4.78, 5) is 26.5. The van der Waals surface area contributed by atoms with Crippen molar-refractivity contribution >= 4 is 17.6 Å². The predicted octanol–water partition coefficient (Wildman–Crippen LogP) is 2.77. The third kappa shape index (κ3) is 6.02. The Bertz CT molecular complexity index is 918. The van der Waals surface area contributed by atoms with Crippen molar-refractivity contribution in [3.63, 3.8) is 0 Å². The second kappa shape index (κ2) is 11.3. The van der Waals surface area contributed by atoms with Crippen LogP contribution in [0.2, 0.25) is 0 Å². The SMILES string of the molecule is CCN(C#N)C(=O)C(Cc1ccccc1)NC(=O)Nc1cc(OC)c(OC)c(OC)c1. The van der Waals surface area contributed by atoms with E-state index >= 15 is 0 Å². The van der Waals surface area contributed by atoms with Crippen molar-refractivity contribution in [2.24, 2.45) is 0 Å². The average molecular weight is 426 g/mol. The predicted molar refractivity (Wildman–Crippen MR) is 115 cm³/mol. The maximum absolute atomic E-state index is 12.8. The van der Waals surface area contributed by atoms with Crippen molar-refractivity contribution in [2.75, 3.05) is 33.2 Å². The molecule has 0 aliphatic rings. The molecule has 0 saturated carbocycles. The Labute approximate surface area is 181 Å². The number of rotatable bonds is 9. The number of anilines is 1. The maximum Gasteiger partial charge on any atom is 0.319 e. The van der Waals surface area contributed by atoms with Crippen molar-refractivity contribution in [3.8, 4) is 23.4 Å². The van der Waals surface area contributed by atoms with E-state index in [0.29, 0.717) is 22.9 Å². The Hall–Kier alpha value is -3.93. The third-order valence-electron chi connectivity index (χ3n) is 4.51. The van der Waals surface area contributed by atoms with Gasteiger partial charge in [-0.25, -0.2) is 9.69 Å². The average Bonchev–Trinajstić information content (AvgIpc) is 2.79. The summed E-state index contributed by atoms with van der Waals surface area (Å²) in [5, 5.41) is 14.6. The molecule has 0 aliphatic carbocycles. The number of ether oxygens (including phenoxy) is 3. The minimum absolute atomic E-state index is 0.205. The molecule has 2 N–H and O–H groups in total. The Morgan fingerprint density at radius 2 is 1.68 bits per heavy atom. The van der Waals surface area contributed by atoms with Gasteiger partial charge in [0, 0.05) is 25.1 Å². The van der Waals surface area contributed by atoms with Gasteiger partial charge in [0.25, 0.3) is 5.91 Å². The molecule has 0 heterocycles. The molecule has 3 amide bonds. The number of hydrogen-bond donors (Lipinski definition) is 2. The minimum atomic E-state index is -0.927. The Morgan fingerprint density at radius 1 is 1.06 bits per heavy atom. The van der Waals surface area contributed by atoms with E-state index in [2.05, 4.69) is 10.6 Å². The maximum atomic E-state index is 12.8. The first-order valence-electron chi connectivity index (χ1n) is 9.59. The number of urea groups is 1. The fourth-order valence-electron chi connectivity index (χ4n) is 2.99. The smallest absolute Gasteiger partial charge is 0.319 e. The van der Waals surface area contributed by atoms with Crippen LogP contribution in [0.4, 0.5) is 10.5 Å². The lowest BCUT2D eigenvalue weighted by molar-refractivity contribution is -0.129. The summed E-state index contributed by atoms with van der Waals surface area (Å²) in [5.41, 5.74) is 1.23. The lowest BCUT2D eigenvalue weighted by Crippen LogP contribution is -2.49. The van der Waals surface area contributed by atoms with Gasteiger partial charge < -0.3 is 24.8 Å². The molecule has 0 saturated heterocycles. The molecule has 0 fully saturated rings. The van der Waals surface area contributed by atoms with Crippen molar-refractivity contribution in [1.29, 1.82) is 5.26 Å². The highest BCUT2D eigenvalue weighted by Crippen LogP contribution is 2.39. The molecular formula is C22H26N4O5. The molecule has 9 heteroatoms. The highest BCUT2D eigenvalue weighted by atomic mass is 16.5. The van der Waals surface area contributed by atoms with Crippen LogP contribution in [0.5, 0.6) is 17.2 Å². The molecule has 1 atom stereocenters. The number of nitrogens with one attached hydrogen (secondary N) is 2. The van der Waals surface area contributed by atoms with Crippen LogP contribution in [0, 0.1) is 11.5 Å². The summed E-state index contributed by atoms with van der Waals surface area (Å²) in [6.45, 7) is 1.90. The molecule has 2 rings (SSSR count). The lowest BCUT2D eigenvalue weighted by atomic mass is 10.0. The third-order valence-corrected chi connectivity index (χ3v) is 4.51. The van der Waals surface area contributed by atoms with E-state index in [1.54, 1.807) is 19.1 Å². The summed E-state index contributed by atoms with van der Waals surface area (Å²) in [6, 6.07) is 10.8. The van der Waals surface area contributed by atoms with E-state index in [1.165, 1.54) is 21.3 Å². The standard InChI is InChI=1S/C22H26N4O5/c1-5-26(14-23)21(27)17(11-15-9-7-6-8-10-15)25-22(28)24-16-12-18(29-2)20(31-4)19(13-16)30-3/h6-10,12-13,17H,5,11H2,1-4H3,(H2,24,25,28). The molecule has 164 valence electrons. The van der Waals surface area contributed by atoms with Gasteiger partial charge in [0.2, 0.25) is 5.75 Å². The van der Waals surface area contributed by atoms with Crippen LogP contribution >= 0.6 is 0 Å². The molecule has 0 spiro atoms. The Kier molecular flexibility index (Phi) is 8.52. The number of methoxy groups -OCH3 is 3. The number of amides is 3. The van der Waals surface area contributed by atoms with Crippen LogP contribution in [-0.4, -0.2) is 50.8 Å². The second-order valence-corrected chi connectivity index (χ2v) is 6.44. The Balaban J connectivity index is 2.23. The number of likely N-dealkylation sites (N-methyl/N-ethyl adjacent to an activating group) is 1. The summed E-state index contributed by atoms with van der Waals surface area (Å²) < 4.78 is 15.8. The van der Waals surface area contributed by atoms with Crippen molar-refractivity contribution in [1.82, 2.24) is 10.2 Å². The van der Waals surface area contributed by atoms with Gasteiger partial charge in [-0.3, -0.25) is 4.79 Å². The summed E-state index contributed by atoms with van der Waals surface area (Å²) in [6.07, 6.45) is 2.09. The van der Waals surface area contributed by atoms with Gasteiger partial charge in [0.05, 0.1) is 27.0 Å². The van der Waals surface area contributed by atoms with Crippen molar-refractivity contribution in [3.05, 3.63) is 48.0 Å². The summed E-state index contributed by atoms with van der Waals surface area (Å²) in [7, 11) is 4.42. The van der Waals surface area contributed by atoms with Gasteiger partial charge in [-0.05, 0) is 12.5 Å². The number of carbonyl (C=O) groups is 2. The molecule has 0 radical (unpaired) electrons.